The third kappa shape index (κ3) is 2.30. The van der Waals surface area contributed by atoms with Crippen LogP contribution in [-0.2, 0) is 4.74 Å². The van der Waals surface area contributed by atoms with Crippen LogP contribution in [0.1, 0.15) is 19.8 Å². The lowest BCUT2D eigenvalue weighted by Crippen LogP contribution is -2.41. The van der Waals surface area contributed by atoms with Crippen LogP contribution in [0.25, 0.3) is 0 Å². The zero-order valence-corrected chi connectivity index (χ0v) is 9.76. The molecule has 1 unspecified atom stereocenters. The molecule has 0 aromatic carbocycles. The first-order valence-corrected chi connectivity index (χ1v) is 6.05. The standard InChI is InChI=1S/C11H20N2O3/c1-2-12-5-3-4-9(12)6-13-7-10(8-14)16-11(13)15/h9-10,14H,2-8H2,1H3/t9?,10-/m1/s1. The topological polar surface area (TPSA) is 53.0 Å². The second kappa shape index (κ2) is 5.01. The van der Waals surface area contributed by atoms with Crippen LogP contribution in [0.2, 0.25) is 0 Å². The van der Waals surface area contributed by atoms with E-state index in [1.54, 1.807) is 4.90 Å². The fourth-order valence-electron chi connectivity index (χ4n) is 2.59. The summed E-state index contributed by atoms with van der Waals surface area (Å²) in [6.45, 7) is 5.51. The molecule has 5 heteroatoms. The Labute approximate surface area is 96.0 Å². The van der Waals surface area contributed by atoms with E-state index in [4.69, 9.17) is 9.84 Å². The highest BCUT2D eigenvalue weighted by Crippen LogP contribution is 2.20. The number of aliphatic hydroxyl groups excluding tert-OH is 1. The predicted octanol–water partition coefficient (Wildman–Crippen LogP) is 0.284. The summed E-state index contributed by atoms with van der Waals surface area (Å²) < 4.78 is 5.02. The molecule has 0 spiro atoms. The van der Waals surface area contributed by atoms with E-state index in [9.17, 15) is 4.79 Å². The van der Waals surface area contributed by atoms with Gasteiger partial charge in [0.1, 0.15) is 6.10 Å². The normalized spacial score (nSPS) is 31.1. The molecule has 1 N–H and O–H groups in total. The molecule has 0 radical (unpaired) electrons. The SMILES string of the molecule is CCN1CCCC1CN1C[C@H](CO)OC1=O. The van der Waals surface area contributed by atoms with Gasteiger partial charge >= 0.3 is 6.09 Å². The number of nitrogens with zero attached hydrogens (tertiary/aromatic N) is 2. The number of rotatable bonds is 4. The van der Waals surface area contributed by atoms with E-state index < -0.39 is 0 Å². The lowest BCUT2D eigenvalue weighted by Gasteiger charge is -2.26. The van der Waals surface area contributed by atoms with Crippen molar-refractivity contribution in [2.75, 3.05) is 32.8 Å². The Kier molecular flexibility index (Phi) is 3.66. The number of ether oxygens (including phenoxy) is 1. The Morgan fingerprint density at radius 1 is 1.56 bits per heavy atom. The Morgan fingerprint density at radius 3 is 3.00 bits per heavy atom. The monoisotopic (exact) mass is 228 g/mol. The summed E-state index contributed by atoms with van der Waals surface area (Å²) in [5.74, 6) is 0. The Bertz CT molecular complexity index is 260. The maximum atomic E-state index is 11.5. The molecule has 0 aromatic rings. The van der Waals surface area contributed by atoms with Crippen molar-refractivity contribution in [3.8, 4) is 0 Å². The Balaban J connectivity index is 1.87. The van der Waals surface area contributed by atoms with Crippen LogP contribution in [0.4, 0.5) is 4.79 Å². The van der Waals surface area contributed by atoms with Crippen molar-refractivity contribution in [1.29, 1.82) is 0 Å². The fraction of sp³-hybridized carbons (Fsp3) is 0.909. The Morgan fingerprint density at radius 2 is 2.38 bits per heavy atom. The smallest absolute Gasteiger partial charge is 0.410 e. The van der Waals surface area contributed by atoms with Crippen LogP contribution in [0, 0.1) is 0 Å². The van der Waals surface area contributed by atoms with Crippen LogP contribution >= 0.6 is 0 Å². The molecular formula is C11H20N2O3. The van der Waals surface area contributed by atoms with Crippen LogP contribution in [0.5, 0.6) is 0 Å². The minimum atomic E-state index is -0.330. The number of carbonyl (C=O) groups excluding carboxylic acids is 1. The first-order valence-electron chi connectivity index (χ1n) is 6.05. The second-order valence-electron chi connectivity index (χ2n) is 4.52. The molecule has 0 aliphatic carbocycles. The minimum absolute atomic E-state index is 0.0790. The third-order valence-corrected chi connectivity index (χ3v) is 3.49. The van der Waals surface area contributed by atoms with E-state index >= 15 is 0 Å². The third-order valence-electron chi connectivity index (χ3n) is 3.49. The van der Waals surface area contributed by atoms with Crippen LogP contribution in [0.3, 0.4) is 0 Å². The van der Waals surface area contributed by atoms with Crippen molar-refractivity contribution in [3.05, 3.63) is 0 Å². The first kappa shape index (κ1) is 11.7. The van der Waals surface area contributed by atoms with Gasteiger partial charge in [-0.2, -0.15) is 0 Å². The number of cyclic esters (lactones) is 1. The summed E-state index contributed by atoms with van der Waals surface area (Å²) in [6, 6.07) is 0.468. The largest absolute Gasteiger partial charge is 0.442 e. The van der Waals surface area contributed by atoms with Crippen molar-refractivity contribution in [1.82, 2.24) is 9.80 Å². The summed E-state index contributed by atoms with van der Waals surface area (Å²) in [4.78, 5) is 15.6. The molecule has 2 atom stereocenters. The average molecular weight is 228 g/mol. The zero-order chi connectivity index (χ0) is 11.5. The number of carbonyl (C=O) groups is 1. The molecule has 1 amide bonds. The number of likely N-dealkylation sites (N-methyl/N-ethyl adjacent to an activating group) is 1. The first-order chi connectivity index (χ1) is 7.74. The lowest BCUT2D eigenvalue weighted by molar-refractivity contribution is 0.0942. The van der Waals surface area contributed by atoms with Crippen LogP contribution < -0.4 is 0 Å². The van der Waals surface area contributed by atoms with E-state index in [1.165, 1.54) is 6.42 Å². The predicted molar refractivity (Wildman–Crippen MR) is 59.2 cm³/mol. The van der Waals surface area contributed by atoms with Crippen molar-refractivity contribution in [2.45, 2.75) is 31.9 Å². The number of likely N-dealkylation sites (tertiary alicyclic amines) is 1. The molecule has 0 saturated carbocycles. The molecule has 16 heavy (non-hydrogen) atoms. The number of hydrogen-bond donors (Lipinski definition) is 1. The minimum Gasteiger partial charge on any atom is -0.442 e. The van der Waals surface area contributed by atoms with Gasteiger partial charge in [-0.1, -0.05) is 6.92 Å². The number of hydrogen-bond acceptors (Lipinski definition) is 4. The fourth-order valence-corrected chi connectivity index (χ4v) is 2.59. The van der Waals surface area contributed by atoms with Gasteiger partial charge in [0.25, 0.3) is 0 Å². The highest BCUT2D eigenvalue weighted by atomic mass is 16.6. The summed E-state index contributed by atoms with van der Waals surface area (Å²) in [7, 11) is 0. The van der Waals surface area contributed by atoms with Crippen molar-refractivity contribution in [2.24, 2.45) is 0 Å². The highest BCUT2D eigenvalue weighted by Gasteiger charge is 2.34. The highest BCUT2D eigenvalue weighted by molar-refractivity contribution is 5.69. The molecule has 92 valence electrons. The van der Waals surface area contributed by atoms with Gasteiger partial charge in [0.15, 0.2) is 0 Å². The summed E-state index contributed by atoms with van der Waals surface area (Å²) in [5, 5.41) is 8.95. The second-order valence-corrected chi connectivity index (χ2v) is 4.52. The maximum Gasteiger partial charge on any atom is 0.410 e. The van der Waals surface area contributed by atoms with Crippen LogP contribution in [0.15, 0.2) is 0 Å². The van der Waals surface area contributed by atoms with Crippen molar-refractivity contribution < 1.29 is 14.6 Å². The molecule has 2 aliphatic rings. The van der Waals surface area contributed by atoms with Gasteiger partial charge in [0.05, 0.1) is 13.2 Å². The van der Waals surface area contributed by atoms with Gasteiger partial charge in [0.2, 0.25) is 0 Å². The average Bonchev–Trinajstić information content (AvgIpc) is 2.86. The van der Waals surface area contributed by atoms with E-state index in [0.29, 0.717) is 12.6 Å². The molecule has 5 nitrogen and oxygen atoms in total. The molecular weight excluding hydrogens is 208 g/mol. The molecule has 2 rings (SSSR count). The molecule has 2 heterocycles. The Hall–Kier alpha value is -0.810. The zero-order valence-electron chi connectivity index (χ0n) is 9.76. The molecule has 0 bridgehead atoms. The molecule has 2 fully saturated rings. The summed E-state index contributed by atoms with van der Waals surface area (Å²) >= 11 is 0. The molecule has 2 aliphatic heterocycles. The van der Waals surface area contributed by atoms with Crippen molar-refractivity contribution >= 4 is 6.09 Å². The summed E-state index contributed by atoms with van der Waals surface area (Å²) in [5.41, 5.74) is 0. The van der Waals surface area contributed by atoms with E-state index in [0.717, 1.165) is 26.1 Å². The maximum absolute atomic E-state index is 11.5. The molecule has 2 saturated heterocycles. The van der Waals surface area contributed by atoms with E-state index in [2.05, 4.69) is 11.8 Å². The van der Waals surface area contributed by atoms with Crippen LogP contribution in [-0.4, -0.2) is 65.9 Å². The quantitative estimate of drug-likeness (QED) is 0.751. The van der Waals surface area contributed by atoms with Gasteiger partial charge in [0, 0.05) is 12.6 Å². The summed E-state index contributed by atoms with van der Waals surface area (Å²) in [6.07, 6.45) is 1.76. The van der Waals surface area contributed by atoms with Crippen molar-refractivity contribution in [3.63, 3.8) is 0 Å². The number of amides is 1. The van der Waals surface area contributed by atoms with E-state index in [-0.39, 0.29) is 18.8 Å². The van der Waals surface area contributed by atoms with Gasteiger partial charge in [-0.05, 0) is 25.9 Å². The van der Waals surface area contributed by atoms with Gasteiger partial charge < -0.3 is 14.7 Å². The van der Waals surface area contributed by atoms with E-state index in [1.807, 2.05) is 0 Å². The lowest BCUT2D eigenvalue weighted by atomic mass is 10.2. The van der Waals surface area contributed by atoms with Gasteiger partial charge in [-0.3, -0.25) is 4.90 Å². The molecule has 0 aromatic heterocycles. The number of aliphatic hydroxyl groups is 1. The van der Waals surface area contributed by atoms with Gasteiger partial charge in [-0.25, -0.2) is 4.79 Å². The van der Waals surface area contributed by atoms with Gasteiger partial charge in [-0.15, -0.1) is 0 Å².